The first-order valence-corrected chi connectivity index (χ1v) is 6.65. The number of hydrogen-bond donors (Lipinski definition) is 0. The van der Waals surface area contributed by atoms with Gasteiger partial charge in [-0.15, -0.1) is 0 Å². The Morgan fingerprint density at radius 2 is 1.74 bits per heavy atom. The quantitative estimate of drug-likeness (QED) is 0.483. The summed E-state index contributed by atoms with van der Waals surface area (Å²) in [6, 6.07) is 9.73. The summed E-state index contributed by atoms with van der Waals surface area (Å²) in [5.74, 6) is 0.237. The molecular weight excluding hydrogens is 244 g/mol. The van der Waals surface area contributed by atoms with E-state index in [9.17, 15) is 0 Å². The summed E-state index contributed by atoms with van der Waals surface area (Å²) >= 11 is 0. The van der Waals surface area contributed by atoms with E-state index in [1.165, 1.54) is 0 Å². The summed E-state index contributed by atoms with van der Waals surface area (Å²) in [7, 11) is 1.65. The van der Waals surface area contributed by atoms with Crippen molar-refractivity contribution < 1.29 is 18.9 Å². The molecule has 0 amide bonds. The van der Waals surface area contributed by atoms with Crippen LogP contribution in [0, 0.1) is 0 Å². The van der Waals surface area contributed by atoms with E-state index in [0.717, 1.165) is 5.75 Å². The van der Waals surface area contributed by atoms with Crippen LogP contribution in [0.15, 0.2) is 30.3 Å². The average molecular weight is 268 g/mol. The molecule has 1 aromatic carbocycles. The molecule has 0 spiro atoms. The summed E-state index contributed by atoms with van der Waals surface area (Å²) in [5, 5.41) is 0. The first-order chi connectivity index (χ1) is 9.20. The summed E-state index contributed by atoms with van der Waals surface area (Å²) in [6.07, 6.45) is 0.666. The molecule has 0 aliphatic carbocycles. The highest BCUT2D eigenvalue weighted by Crippen LogP contribution is 2.18. The number of para-hydroxylation sites is 1. The summed E-state index contributed by atoms with van der Waals surface area (Å²) < 4.78 is 22.0. The van der Waals surface area contributed by atoms with Crippen LogP contribution < -0.4 is 4.74 Å². The third-order valence-corrected chi connectivity index (χ3v) is 2.71. The van der Waals surface area contributed by atoms with Gasteiger partial charge in [0.1, 0.15) is 5.75 Å². The van der Waals surface area contributed by atoms with E-state index in [0.29, 0.717) is 32.8 Å². The lowest BCUT2D eigenvalue weighted by molar-refractivity contribution is -0.233. The van der Waals surface area contributed by atoms with Crippen molar-refractivity contribution in [2.24, 2.45) is 0 Å². The van der Waals surface area contributed by atoms with Crippen molar-refractivity contribution in [3.05, 3.63) is 30.3 Å². The second kappa shape index (κ2) is 8.91. The zero-order valence-corrected chi connectivity index (χ0v) is 12.1. The highest BCUT2D eigenvalue weighted by molar-refractivity contribution is 5.20. The fourth-order valence-corrected chi connectivity index (χ4v) is 1.70. The molecule has 108 valence electrons. The summed E-state index contributed by atoms with van der Waals surface area (Å²) in [5.41, 5.74) is 0. The van der Waals surface area contributed by atoms with E-state index in [-0.39, 0.29) is 0 Å². The largest absolute Gasteiger partial charge is 0.493 e. The van der Waals surface area contributed by atoms with Gasteiger partial charge in [0.25, 0.3) is 0 Å². The van der Waals surface area contributed by atoms with Gasteiger partial charge in [0.05, 0.1) is 19.8 Å². The molecule has 0 aromatic heterocycles. The molecule has 0 N–H and O–H groups in total. The maximum absolute atomic E-state index is 5.72. The third kappa shape index (κ3) is 6.57. The molecule has 1 rings (SSSR count). The van der Waals surface area contributed by atoms with E-state index < -0.39 is 5.79 Å². The van der Waals surface area contributed by atoms with Crippen molar-refractivity contribution in [1.29, 1.82) is 0 Å². The Balaban J connectivity index is 2.35. The first-order valence-electron chi connectivity index (χ1n) is 6.65. The fourth-order valence-electron chi connectivity index (χ4n) is 1.70. The molecule has 4 heteroatoms. The van der Waals surface area contributed by atoms with Crippen molar-refractivity contribution in [1.82, 2.24) is 0 Å². The van der Waals surface area contributed by atoms with Crippen LogP contribution in [-0.4, -0.2) is 39.3 Å². The van der Waals surface area contributed by atoms with Crippen molar-refractivity contribution in [2.45, 2.75) is 26.1 Å². The molecule has 4 nitrogen and oxygen atoms in total. The molecule has 0 radical (unpaired) electrons. The number of hydrogen-bond acceptors (Lipinski definition) is 4. The van der Waals surface area contributed by atoms with E-state index in [1.54, 1.807) is 7.11 Å². The lowest BCUT2D eigenvalue weighted by Crippen LogP contribution is -2.35. The van der Waals surface area contributed by atoms with Gasteiger partial charge in [-0.2, -0.15) is 0 Å². The first kappa shape index (κ1) is 16.0. The van der Waals surface area contributed by atoms with Crippen LogP contribution in [-0.2, 0) is 14.2 Å². The van der Waals surface area contributed by atoms with E-state index >= 15 is 0 Å². The maximum Gasteiger partial charge on any atom is 0.168 e. The molecule has 0 aliphatic heterocycles. The lowest BCUT2D eigenvalue weighted by atomic mass is 10.2. The molecular formula is C15H24O4. The number of rotatable bonds is 10. The number of benzene rings is 1. The van der Waals surface area contributed by atoms with Gasteiger partial charge in [-0.1, -0.05) is 18.2 Å². The molecule has 0 heterocycles. The summed E-state index contributed by atoms with van der Waals surface area (Å²) in [4.78, 5) is 0. The SMILES string of the molecule is CCOC(C)(CCOc1ccccc1)OCCOC. The predicted octanol–water partition coefficient (Wildman–Crippen LogP) is 2.87. The van der Waals surface area contributed by atoms with E-state index in [4.69, 9.17) is 18.9 Å². The molecule has 0 fully saturated rings. The Labute approximate surface area is 115 Å². The zero-order chi connectivity index (χ0) is 14.0. The van der Waals surface area contributed by atoms with Crippen LogP contribution in [0.5, 0.6) is 5.75 Å². The molecule has 1 atom stereocenters. The lowest BCUT2D eigenvalue weighted by Gasteiger charge is -2.29. The van der Waals surface area contributed by atoms with Gasteiger partial charge >= 0.3 is 0 Å². The van der Waals surface area contributed by atoms with Gasteiger partial charge in [0.2, 0.25) is 0 Å². The molecule has 0 saturated carbocycles. The monoisotopic (exact) mass is 268 g/mol. The van der Waals surface area contributed by atoms with Gasteiger partial charge in [-0.3, -0.25) is 0 Å². The number of methoxy groups -OCH3 is 1. The van der Waals surface area contributed by atoms with Gasteiger partial charge in [0, 0.05) is 20.1 Å². The Hall–Kier alpha value is -1.10. The standard InChI is InChI=1S/C15H24O4/c1-4-18-15(2,19-13-12-16-3)10-11-17-14-8-6-5-7-9-14/h5-9H,4,10-13H2,1-3H3. The minimum absolute atomic E-state index is 0.512. The Kier molecular flexibility index (Phi) is 7.48. The average Bonchev–Trinajstić information content (AvgIpc) is 2.40. The van der Waals surface area contributed by atoms with Gasteiger partial charge in [0.15, 0.2) is 5.79 Å². The predicted molar refractivity (Wildman–Crippen MR) is 74.4 cm³/mol. The molecule has 1 unspecified atom stereocenters. The zero-order valence-electron chi connectivity index (χ0n) is 12.1. The van der Waals surface area contributed by atoms with Gasteiger partial charge < -0.3 is 18.9 Å². The van der Waals surface area contributed by atoms with Gasteiger partial charge in [-0.25, -0.2) is 0 Å². The third-order valence-electron chi connectivity index (χ3n) is 2.71. The van der Waals surface area contributed by atoms with Crippen LogP contribution in [0.3, 0.4) is 0 Å². The fraction of sp³-hybridized carbons (Fsp3) is 0.600. The van der Waals surface area contributed by atoms with Crippen molar-refractivity contribution >= 4 is 0 Å². The Morgan fingerprint density at radius 3 is 2.37 bits per heavy atom. The second-order valence-corrected chi connectivity index (χ2v) is 4.32. The topological polar surface area (TPSA) is 36.9 Å². The Morgan fingerprint density at radius 1 is 1.00 bits per heavy atom. The highest BCUT2D eigenvalue weighted by Gasteiger charge is 2.25. The van der Waals surface area contributed by atoms with E-state index in [1.807, 2.05) is 44.2 Å². The molecule has 0 aliphatic rings. The van der Waals surface area contributed by atoms with Crippen LogP contribution in [0.25, 0.3) is 0 Å². The molecule has 19 heavy (non-hydrogen) atoms. The van der Waals surface area contributed by atoms with Crippen molar-refractivity contribution in [3.63, 3.8) is 0 Å². The van der Waals surface area contributed by atoms with Crippen LogP contribution in [0.2, 0.25) is 0 Å². The van der Waals surface area contributed by atoms with Crippen molar-refractivity contribution in [3.8, 4) is 5.75 Å². The highest BCUT2D eigenvalue weighted by atomic mass is 16.7. The molecule has 1 aromatic rings. The van der Waals surface area contributed by atoms with Gasteiger partial charge in [-0.05, 0) is 26.0 Å². The summed E-state index contributed by atoms with van der Waals surface area (Å²) in [6.45, 7) is 6.11. The minimum atomic E-state index is -0.623. The smallest absolute Gasteiger partial charge is 0.168 e. The number of ether oxygens (including phenoxy) is 4. The van der Waals surface area contributed by atoms with Crippen LogP contribution >= 0.6 is 0 Å². The molecule has 0 bridgehead atoms. The van der Waals surface area contributed by atoms with Crippen LogP contribution in [0.4, 0.5) is 0 Å². The van der Waals surface area contributed by atoms with Crippen molar-refractivity contribution in [2.75, 3.05) is 33.5 Å². The van der Waals surface area contributed by atoms with E-state index in [2.05, 4.69) is 0 Å². The maximum atomic E-state index is 5.72. The van der Waals surface area contributed by atoms with Crippen LogP contribution in [0.1, 0.15) is 20.3 Å². The molecule has 0 saturated heterocycles. The minimum Gasteiger partial charge on any atom is -0.493 e. The second-order valence-electron chi connectivity index (χ2n) is 4.32. The normalized spacial score (nSPS) is 14.1. The Bertz CT molecular complexity index is 328.